The second-order valence-electron chi connectivity index (χ2n) is 4.66. The maximum absolute atomic E-state index is 11.6. The predicted molar refractivity (Wildman–Crippen MR) is 71.0 cm³/mol. The van der Waals surface area contributed by atoms with Gasteiger partial charge in [-0.1, -0.05) is 12.1 Å². The summed E-state index contributed by atoms with van der Waals surface area (Å²) in [6.45, 7) is 2.97. The van der Waals surface area contributed by atoms with Crippen molar-refractivity contribution >= 4 is 11.7 Å². The molecule has 0 spiro atoms. The van der Waals surface area contributed by atoms with E-state index in [2.05, 4.69) is 11.4 Å². The van der Waals surface area contributed by atoms with E-state index >= 15 is 0 Å². The molecular weight excluding hydrogens is 228 g/mol. The van der Waals surface area contributed by atoms with Crippen molar-refractivity contribution in [1.29, 1.82) is 0 Å². The maximum Gasteiger partial charge on any atom is 0.310 e. The predicted octanol–water partition coefficient (Wildman–Crippen LogP) is 1.87. The molecule has 1 aliphatic rings. The molecule has 1 saturated heterocycles. The molecule has 18 heavy (non-hydrogen) atoms. The number of piperidine rings is 1. The lowest BCUT2D eigenvalue weighted by Crippen LogP contribution is -2.37. The summed E-state index contributed by atoms with van der Waals surface area (Å²) in [5.41, 5.74) is 7.75. The van der Waals surface area contributed by atoms with Crippen molar-refractivity contribution in [3.63, 3.8) is 0 Å². The first kappa shape index (κ1) is 12.9. The smallest absolute Gasteiger partial charge is 0.310 e. The van der Waals surface area contributed by atoms with Crippen LogP contribution in [0.3, 0.4) is 0 Å². The van der Waals surface area contributed by atoms with Gasteiger partial charge in [0.2, 0.25) is 0 Å². The van der Waals surface area contributed by atoms with Gasteiger partial charge in [0.05, 0.1) is 12.5 Å². The van der Waals surface area contributed by atoms with E-state index in [1.807, 2.05) is 25.1 Å². The van der Waals surface area contributed by atoms with Crippen molar-refractivity contribution in [3.8, 4) is 0 Å². The minimum Gasteiger partial charge on any atom is -0.466 e. The van der Waals surface area contributed by atoms with Crippen LogP contribution in [0.1, 0.15) is 31.4 Å². The van der Waals surface area contributed by atoms with Crippen molar-refractivity contribution in [2.45, 2.75) is 25.8 Å². The lowest BCUT2D eigenvalue weighted by Gasteiger charge is -2.29. The molecule has 0 amide bonds. The molecule has 1 heterocycles. The molecule has 98 valence electrons. The molecular formula is C14H20N2O2. The molecule has 0 aromatic heterocycles. The number of benzene rings is 1. The summed E-state index contributed by atoms with van der Waals surface area (Å²) in [4.78, 5) is 11.6. The van der Waals surface area contributed by atoms with Crippen LogP contribution in [0.15, 0.2) is 24.3 Å². The van der Waals surface area contributed by atoms with E-state index in [1.54, 1.807) is 0 Å². The number of anilines is 1. The summed E-state index contributed by atoms with van der Waals surface area (Å²) >= 11 is 0. The summed E-state index contributed by atoms with van der Waals surface area (Å²) < 4.78 is 5.04. The van der Waals surface area contributed by atoms with Crippen molar-refractivity contribution in [3.05, 3.63) is 29.8 Å². The van der Waals surface area contributed by atoms with Gasteiger partial charge in [-0.2, -0.15) is 0 Å². The Morgan fingerprint density at radius 1 is 1.50 bits per heavy atom. The fraction of sp³-hybridized carbons (Fsp3) is 0.500. The lowest BCUT2D eigenvalue weighted by atomic mass is 9.91. The number of hydrogen-bond acceptors (Lipinski definition) is 4. The summed E-state index contributed by atoms with van der Waals surface area (Å²) in [5.74, 6) is -0.0988. The average molecular weight is 248 g/mol. The molecule has 4 heteroatoms. The van der Waals surface area contributed by atoms with E-state index < -0.39 is 0 Å². The highest BCUT2D eigenvalue weighted by Gasteiger charge is 2.27. The largest absolute Gasteiger partial charge is 0.466 e. The van der Waals surface area contributed by atoms with Gasteiger partial charge in [-0.3, -0.25) is 4.79 Å². The maximum atomic E-state index is 11.6. The van der Waals surface area contributed by atoms with Crippen LogP contribution in [0.2, 0.25) is 0 Å². The van der Waals surface area contributed by atoms with Gasteiger partial charge in [0.25, 0.3) is 0 Å². The van der Waals surface area contributed by atoms with Crippen LogP contribution in [0, 0.1) is 5.92 Å². The van der Waals surface area contributed by atoms with Crippen LogP contribution in [-0.2, 0) is 9.53 Å². The third-order valence-corrected chi connectivity index (χ3v) is 3.35. The summed E-state index contributed by atoms with van der Waals surface area (Å²) in [6, 6.07) is 8.19. The number of hydrogen-bond donors (Lipinski definition) is 2. The Hall–Kier alpha value is -1.55. The molecule has 2 rings (SSSR count). The molecule has 0 radical (unpaired) electrons. The molecule has 1 fully saturated rings. The van der Waals surface area contributed by atoms with E-state index in [9.17, 15) is 4.79 Å². The van der Waals surface area contributed by atoms with Crippen molar-refractivity contribution < 1.29 is 9.53 Å². The van der Waals surface area contributed by atoms with Crippen LogP contribution in [0.4, 0.5) is 5.69 Å². The minimum atomic E-state index is -0.0870. The first-order valence-corrected chi connectivity index (χ1v) is 6.46. The molecule has 3 N–H and O–H groups in total. The number of nitrogen functional groups attached to an aromatic ring is 1. The van der Waals surface area contributed by atoms with Gasteiger partial charge in [0.15, 0.2) is 0 Å². The van der Waals surface area contributed by atoms with E-state index in [-0.39, 0.29) is 11.9 Å². The zero-order chi connectivity index (χ0) is 13.0. The highest BCUT2D eigenvalue weighted by molar-refractivity contribution is 5.72. The van der Waals surface area contributed by atoms with Crippen LogP contribution in [0.25, 0.3) is 0 Å². The van der Waals surface area contributed by atoms with Gasteiger partial charge in [0.1, 0.15) is 0 Å². The Bertz CT molecular complexity index is 412. The topological polar surface area (TPSA) is 64.3 Å². The molecule has 1 aliphatic heterocycles. The van der Waals surface area contributed by atoms with E-state index in [1.165, 1.54) is 5.56 Å². The molecule has 0 saturated carbocycles. The fourth-order valence-electron chi connectivity index (χ4n) is 2.38. The second-order valence-corrected chi connectivity index (χ2v) is 4.66. The number of nitrogens with one attached hydrogen (secondary N) is 1. The average Bonchev–Trinajstić information content (AvgIpc) is 2.39. The van der Waals surface area contributed by atoms with Crippen LogP contribution >= 0.6 is 0 Å². The van der Waals surface area contributed by atoms with Crippen molar-refractivity contribution in [2.75, 3.05) is 18.9 Å². The molecule has 1 aromatic carbocycles. The number of nitrogens with two attached hydrogens (primary N) is 1. The molecule has 2 unspecified atom stereocenters. The molecule has 2 atom stereocenters. The summed E-state index contributed by atoms with van der Waals surface area (Å²) in [6.07, 6.45) is 1.80. The standard InChI is InChI=1S/C14H20N2O2/c1-2-18-14(17)11-6-7-13(16-9-11)10-4-3-5-12(15)8-10/h3-5,8,11,13,16H,2,6-7,9,15H2,1H3. The Kier molecular flexibility index (Phi) is 4.20. The van der Waals surface area contributed by atoms with E-state index in [4.69, 9.17) is 10.5 Å². The number of ether oxygens (including phenoxy) is 1. The third-order valence-electron chi connectivity index (χ3n) is 3.35. The second kappa shape index (κ2) is 5.87. The number of rotatable bonds is 3. The molecule has 4 nitrogen and oxygen atoms in total. The van der Waals surface area contributed by atoms with Crippen LogP contribution in [0.5, 0.6) is 0 Å². The fourth-order valence-corrected chi connectivity index (χ4v) is 2.38. The minimum absolute atomic E-state index is 0.0118. The first-order valence-electron chi connectivity index (χ1n) is 6.46. The highest BCUT2D eigenvalue weighted by atomic mass is 16.5. The Labute approximate surface area is 108 Å². The SMILES string of the molecule is CCOC(=O)C1CCC(c2cccc(N)c2)NC1. The van der Waals surface area contributed by atoms with Gasteiger partial charge < -0.3 is 15.8 Å². The van der Waals surface area contributed by atoms with Crippen LogP contribution in [-0.4, -0.2) is 19.1 Å². The molecule has 1 aromatic rings. The number of carbonyl (C=O) groups is 1. The monoisotopic (exact) mass is 248 g/mol. The van der Waals surface area contributed by atoms with E-state index in [0.29, 0.717) is 19.2 Å². The molecule has 0 aliphatic carbocycles. The van der Waals surface area contributed by atoms with E-state index in [0.717, 1.165) is 18.5 Å². The summed E-state index contributed by atoms with van der Waals surface area (Å²) in [5, 5.41) is 3.40. The Morgan fingerprint density at radius 2 is 2.33 bits per heavy atom. The van der Waals surface area contributed by atoms with Crippen molar-refractivity contribution in [1.82, 2.24) is 5.32 Å². The van der Waals surface area contributed by atoms with Gasteiger partial charge in [-0.25, -0.2) is 0 Å². The highest BCUT2D eigenvalue weighted by Crippen LogP contribution is 2.27. The van der Waals surface area contributed by atoms with Gasteiger partial charge in [0, 0.05) is 18.3 Å². The Balaban J connectivity index is 1.92. The van der Waals surface area contributed by atoms with Gasteiger partial charge >= 0.3 is 5.97 Å². The summed E-state index contributed by atoms with van der Waals surface area (Å²) in [7, 11) is 0. The van der Waals surface area contributed by atoms with Gasteiger partial charge in [-0.15, -0.1) is 0 Å². The first-order chi connectivity index (χ1) is 8.70. The Morgan fingerprint density at radius 3 is 2.94 bits per heavy atom. The number of carbonyl (C=O) groups excluding carboxylic acids is 1. The molecule has 0 bridgehead atoms. The van der Waals surface area contributed by atoms with Crippen molar-refractivity contribution in [2.24, 2.45) is 5.92 Å². The quantitative estimate of drug-likeness (QED) is 0.633. The van der Waals surface area contributed by atoms with Crippen LogP contribution < -0.4 is 11.1 Å². The van der Waals surface area contributed by atoms with Gasteiger partial charge in [-0.05, 0) is 37.5 Å². The number of esters is 1. The zero-order valence-electron chi connectivity index (χ0n) is 10.7. The zero-order valence-corrected chi connectivity index (χ0v) is 10.7. The normalized spacial score (nSPS) is 23.6. The lowest BCUT2D eigenvalue weighted by molar-refractivity contribution is -0.148. The third kappa shape index (κ3) is 3.01.